The van der Waals surface area contributed by atoms with E-state index >= 15 is 0 Å². The zero-order chi connectivity index (χ0) is 15.1. The molecule has 1 atom stereocenters. The van der Waals surface area contributed by atoms with Gasteiger partial charge in [0.15, 0.2) is 0 Å². The minimum Gasteiger partial charge on any atom is -0.483 e. The first-order valence-electron chi connectivity index (χ1n) is 5.88. The van der Waals surface area contributed by atoms with Crippen molar-refractivity contribution in [1.29, 1.82) is 0 Å². The van der Waals surface area contributed by atoms with Crippen LogP contribution in [0.2, 0.25) is 5.02 Å². The first kappa shape index (κ1) is 16.2. The molecule has 0 spiro atoms. The summed E-state index contributed by atoms with van der Waals surface area (Å²) in [6, 6.07) is 3.49. The van der Waals surface area contributed by atoms with Crippen LogP contribution in [0.15, 0.2) is 18.2 Å². The molecular weight excluding hydrogens is 288 g/mol. The number of halogens is 1. The van der Waals surface area contributed by atoms with Crippen LogP contribution < -0.4 is 10.1 Å². The third kappa shape index (κ3) is 4.07. The summed E-state index contributed by atoms with van der Waals surface area (Å²) in [6.07, 6.45) is 0. The van der Waals surface area contributed by atoms with Crippen molar-refractivity contribution in [2.75, 3.05) is 20.3 Å². The lowest BCUT2D eigenvalue weighted by molar-refractivity contribution is -0.385. The number of ether oxygens (including phenoxy) is 2. The Hall–Kier alpha value is -1.86. The van der Waals surface area contributed by atoms with Crippen molar-refractivity contribution in [2.24, 2.45) is 0 Å². The van der Waals surface area contributed by atoms with E-state index in [1.54, 1.807) is 0 Å². The van der Waals surface area contributed by atoms with Gasteiger partial charge in [0.1, 0.15) is 12.6 Å². The van der Waals surface area contributed by atoms with Gasteiger partial charge in [-0.2, -0.15) is 0 Å². The Balaban J connectivity index is 2.87. The van der Waals surface area contributed by atoms with Crippen LogP contribution in [-0.4, -0.2) is 37.2 Å². The van der Waals surface area contributed by atoms with E-state index in [0.717, 1.165) is 0 Å². The van der Waals surface area contributed by atoms with E-state index in [1.165, 1.54) is 25.3 Å². The molecule has 1 N–H and O–H groups in total. The minimum absolute atomic E-state index is 0.0639. The number of carbonyl (C=O) groups is 1. The maximum Gasteiger partial charge on any atom is 0.326 e. The lowest BCUT2D eigenvalue weighted by Gasteiger charge is -2.16. The second-order valence-electron chi connectivity index (χ2n) is 3.79. The summed E-state index contributed by atoms with van der Waals surface area (Å²) >= 11 is 5.88. The lowest BCUT2D eigenvalue weighted by Crippen LogP contribution is -2.42. The number of carbonyl (C=O) groups excluding carboxylic acids is 1. The molecule has 0 aliphatic carbocycles. The molecule has 20 heavy (non-hydrogen) atoms. The summed E-state index contributed by atoms with van der Waals surface area (Å²) < 4.78 is 9.94. The molecule has 8 heteroatoms. The number of nitro benzene ring substituents is 1. The van der Waals surface area contributed by atoms with E-state index in [4.69, 9.17) is 16.3 Å². The van der Waals surface area contributed by atoms with Crippen LogP contribution >= 0.6 is 11.6 Å². The zero-order valence-electron chi connectivity index (χ0n) is 11.1. The maximum atomic E-state index is 11.5. The quantitative estimate of drug-likeness (QED) is 0.469. The number of rotatable bonds is 7. The summed E-state index contributed by atoms with van der Waals surface area (Å²) in [5.41, 5.74) is -0.252. The van der Waals surface area contributed by atoms with E-state index in [0.29, 0.717) is 6.54 Å². The number of hydrogen-bond donors (Lipinski definition) is 1. The van der Waals surface area contributed by atoms with Gasteiger partial charge >= 0.3 is 11.7 Å². The predicted molar refractivity (Wildman–Crippen MR) is 73.1 cm³/mol. The smallest absolute Gasteiger partial charge is 0.326 e. The molecule has 110 valence electrons. The molecule has 0 radical (unpaired) electrons. The summed E-state index contributed by atoms with van der Waals surface area (Å²) in [6.45, 7) is 2.21. The Morgan fingerprint density at radius 2 is 2.25 bits per heavy atom. The van der Waals surface area contributed by atoms with Crippen LogP contribution in [0.5, 0.6) is 5.75 Å². The van der Waals surface area contributed by atoms with Gasteiger partial charge in [-0.15, -0.1) is 0 Å². The molecule has 0 aliphatic heterocycles. The Kier molecular flexibility index (Phi) is 6.20. The highest BCUT2D eigenvalue weighted by Crippen LogP contribution is 2.34. The maximum absolute atomic E-state index is 11.5. The van der Waals surface area contributed by atoms with Crippen molar-refractivity contribution in [2.45, 2.75) is 13.0 Å². The van der Waals surface area contributed by atoms with Crippen LogP contribution in [-0.2, 0) is 9.53 Å². The standard InChI is InChI=1S/C12H15ClN2O5/c1-3-14-9(12(16)19-2)7-20-11-8(13)5-4-6-10(11)15(17)18/h4-6,9,14H,3,7H2,1-2H3. The van der Waals surface area contributed by atoms with Crippen LogP contribution in [0.3, 0.4) is 0 Å². The van der Waals surface area contributed by atoms with Gasteiger partial charge in [-0.25, -0.2) is 0 Å². The molecule has 1 aromatic carbocycles. The molecule has 0 amide bonds. The number of methoxy groups -OCH3 is 1. The van der Waals surface area contributed by atoms with Gasteiger partial charge in [0, 0.05) is 6.07 Å². The fourth-order valence-electron chi connectivity index (χ4n) is 1.55. The number of nitro groups is 1. The number of benzene rings is 1. The Morgan fingerprint density at radius 3 is 2.80 bits per heavy atom. The molecule has 0 bridgehead atoms. The van der Waals surface area contributed by atoms with Gasteiger partial charge in [-0.05, 0) is 12.6 Å². The monoisotopic (exact) mass is 302 g/mol. The number of likely N-dealkylation sites (N-methyl/N-ethyl adjacent to an activating group) is 1. The van der Waals surface area contributed by atoms with Crippen molar-refractivity contribution in [3.63, 3.8) is 0 Å². The third-order valence-corrected chi connectivity index (χ3v) is 2.77. The molecule has 1 aromatic rings. The van der Waals surface area contributed by atoms with Crippen molar-refractivity contribution in [3.8, 4) is 5.75 Å². The van der Waals surface area contributed by atoms with E-state index in [1.807, 2.05) is 6.92 Å². The molecule has 0 saturated carbocycles. The third-order valence-electron chi connectivity index (χ3n) is 2.47. The van der Waals surface area contributed by atoms with Crippen molar-refractivity contribution >= 4 is 23.3 Å². The Bertz CT molecular complexity index is 495. The average Bonchev–Trinajstić information content (AvgIpc) is 2.43. The van der Waals surface area contributed by atoms with Gasteiger partial charge in [-0.3, -0.25) is 14.9 Å². The highest BCUT2D eigenvalue weighted by molar-refractivity contribution is 6.32. The fourth-order valence-corrected chi connectivity index (χ4v) is 1.77. The number of nitrogens with zero attached hydrogens (tertiary/aromatic N) is 1. The van der Waals surface area contributed by atoms with Crippen molar-refractivity contribution in [3.05, 3.63) is 33.3 Å². The molecule has 0 fully saturated rings. The zero-order valence-corrected chi connectivity index (χ0v) is 11.8. The van der Waals surface area contributed by atoms with Gasteiger partial charge in [-0.1, -0.05) is 24.6 Å². The summed E-state index contributed by atoms with van der Waals surface area (Å²) in [5.74, 6) is -0.576. The highest BCUT2D eigenvalue weighted by Gasteiger charge is 2.23. The summed E-state index contributed by atoms with van der Waals surface area (Å²) in [5, 5.41) is 13.9. The molecule has 1 unspecified atom stereocenters. The van der Waals surface area contributed by atoms with E-state index in [2.05, 4.69) is 10.1 Å². The SMILES string of the molecule is CCNC(COc1c(Cl)cccc1[N+](=O)[O-])C(=O)OC. The molecule has 0 aromatic heterocycles. The number of para-hydroxylation sites is 1. The van der Waals surface area contributed by atoms with Gasteiger partial charge in [0.05, 0.1) is 17.1 Å². The van der Waals surface area contributed by atoms with Crippen LogP contribution in [0.4, 0.5) is 5.69 Å². The van der Waals surface area contributed by atoms with E-state index < -0.39 is 16.9 Å². The largest absolute Gasteiger partial charge is 0.483 e. The number of hydrogen-bond acceptors (Lipinski definition) is 6. The molecule has 7 nitrogen and oxygen atoms in total. The normalized spacial score (nSPS) is 11.8. The second kappa shape index (κ2) is 7.66. The molecule has 0 heterocycles. The highest BCUT2D eigenvalue weighted by atomic mass is 35.5. The fraction of sp³-hybridized carbons (Fsp3) is 0.417. The number of nitrogens with one attached hydrogen (secondary N) is 1. The Labute approximate surface area is 121 Å². The predicted octanol–water partition coefficient (Wildman–Crippen LogP) is 1.78. The van der Waals surface area contributed by atoms with Gasteiger partial charge in [0.25, 0.3) is 0 Å². The van der Waals surface area contributed by atoms with Crippen LogP contribution in [0.25, 0.3) is 0 Å². The summed E-state index contributed by atoms with van der Waals surface area (Å²) in [7, 11) is 1.25. The topological polar surface area (TPSA) is 90.7 Å². The number of esters is 1. The van der Waals surface area contributed by atoms with Crippen molar-refractivity contribution in [1.82, 2.24) is 5.32 Å². The van der Waals surface area contributed by atoms with Gasteiger partial charge in [0.2, 0.25) is 5.75 Å². The Morgan fingerprint density at radius 1 is 1.55 bits per heavy atom. The first-order chi connectivity index (χ1) is 9.51. The molecular formula is C12H15ClN2O5. The first-order valence-corrected chi connectivity index (χ1v) is 6.26. The molecule has 0 saturated heterocycles. The summed E-state index contributed by atoms with van der Waals surface area (Å²) in [4.78, 5) is 21.8. The van der Waals surface area contributed by atoms with E-state index in [9.17, 15) is 14.9 Å². The lowest BCUT2D eigenvalue weighted by atomic mass is 10.3. The molecule has 1 rings (SSSR count). The van der Waals surface area contributed by atoms with Gasteiger partial charge < -0.3 is 14.8 Å². The van der Waals surface area contributed by atoms with Crippen molar-refractivity contribution < 1.29 is 19.2 Å². The van der Waals surface area contributed by atoms with Crippen LogP contribution in [0.1, 0.15) is 6.92 Å². The van der Waals surface area contributed by atoms with E-state index in [-0.39, 0.29) is 23.1 Å². The average molecular weight is 303 g/mol. The second-order valence-corrected chi connectivity index (χ2v) is 4.20. The minimum atomic E-state index is -0.721. The molecule has 0 aliphatic rings. The van der Waals surface area contributed by atoms with Crippen LogP contribution in [0, 0.1) is 10.1 Å².